The van der Waals surface area contributed by atoms with Crippen molar-refractivity contribution in [2.75, 3.05) is 39.5 Å². The van der Waals surface area contributed by atoms with Gasteiger partial charge in [0.1, 0.15) is 12.4 Å². The van der Waals surface area contributed by atoms with E-state index in [9.17, 15) is 0 Å². The maximum Gasteiger partial charge on any atom is 0.191 e. The summed E-state index contributed by atoms with van der Waals surface area (Å²) in [7, 11) is 0. The van der Waals surface area contributed by atoms with Crippen LogP contribution in [0.5, 0.6) is 5.75 Å². The second kappa shape index (κ2) is 15.4. The highest BCUT2D eigenvalue weighted by Crippen LogP contribution is 2.04. The van der Waals surface area contributed by atoms with Crippen molar-refractivity contribution in [3.63, 3.8) is 0 Å². The fourth-order valence-electron chi connectivity index (χ4n) is 1.79. The molecule has 0 unspecified atom stereocenters. The first-order chi connectivity index (χ1) is 11.2. The number of ether oxygens (including phenoxy) is 2. The molecule has 2 N–H and O–H groups in total. The molecule has 0 atom stereocenters. The molecule has 0 spiro atoms. The molecule has 0 fully saturated rings. The van der Waals surface area contributed by atoms with Gasteiger partial charge in [0.2, 0.25) is 0 Å². The van der Waals surface area contributed by atoms with Crippen molar-refractivity contribution in [1.29, 1.82) is 0 Å². The van der Waals surface area contributed by atoms with Gasteiger partial charge in [-0.3, -0.25) is 9.98 Å². The number of hydrogen-bond acceptors (Lipinski definition) is 4. The fourth-order valence-corrected chi connectivity index (χ4v) is 1.79. The predicted molar refractivity (Wildman–Crippen MR) is 109 cm³/mol. The van der Waals surface area contributed by atoms with E-state index in [0.29, 0.717) is 19.1 Å². The van der Waals surface area contributed by atoms with Crippen LogP contribution in [0.15, 0.2) is 29.5 Å². The Morgan fingerprint density at radius 3 is 2.79 bits per heavy atom. The summed E-state index contributed by atoms with van der Waals surface area (Å²) in [6, 6.07) is 3.75. The van der Waals surface area contributed by atoms with Crippen LogP contribution in [0.25, 0.3) is 0 Å². The number of nitrogens with one attached hydrogen (secondary N) is 2. The standard InChI is InChI=1S/C17H30N4O2.HI/c1-4-19-17(20-9-6-11-22-14-15(2)3)21-10-12-23-16-7-5-8-18-13-16;/h5,7-8,13,15H,4,6,9-12,14H2,1-3H3,(H2,19,20,21);1H. The van der Waals surface area contributed by atoms with Crippen LogP contribution in [0.2, 0.25) is 0 Å². The fraction of sp³-hybridized carbons (Fsp3) is 0.647. The summed E-state index contributed by atoms with van der Waals surface area (Å²) in [6.07, 6.45) is 4.36. The van der Waals surface area contributed by atoms with E-state index in [4.69, 9.17) is 9.47 Å². The maximum absolute atomic E-state index is 5.59. The molecule has 138 valence electrons. The summed E-state index contributed by atoms with van der Waals surface area (Å²) >= 11 is 0. The molecule has 0 saturated heterocycles. The van der Waals surface area contributed by atoms with Gasteiger partial charge in [0.25, 0.3) is 0 Å². The van der Waals surface area contributed by atoms with Crippen molar-refractivity contribution in [2.24, 2.45) is 10.9 Å². The highest BCUT2D eigenvalue weighted by molar-refractivity contribution is 14.0. The van der Waals surface area contributed by atoms with Crippen molar-refractivity contribution in [3.05, 3.63) is 24.5 Å². The van der Waals surface area contributed by atoms with E-state index in [1.54, 1.807) is 12.4 Å². The minimum absolute atomic E-state index is 0. The van der Waals surface area contributed by atoms with Crippen molar-refractivity contribution >= 4 is 29.9 Å². The Bertz CT molecular complexity index is 430. The van der Waals surface area contributed by atoms with Gasteiger partial charge in [-0.1, -0.05) is 13.8 Å². The van der Waals surface area contributed by atoms with Gasteiger partial charge in [0.05, 0.1) is 12.7 Å². The maximum atomic E-state index is 5.59. The van der Waals surface area contributed by atoms with Crippen molar-refractivity contribution in [1.82, 2.24) is 15.6 Å². The summed E-state index contributed by atoms with van der Waals surface area (Å²) in [5.74, 6) is 2.17. The molecule has 0 aromatic carbocycles. The van der Waals surface area contributed by atoms with Crippen LogP contribution in [0.1, 0.15) is 27.2 Å². The van der Waals surface area contributed by atoms with E-state index in [2.05, 4.69) is 41.4 Å². The summed E-state index contributed by atoms with van der Waals surface area (Å²) in [6.45, 7) is 10.8. The molecule has 6 nitrogen and oxygen atoms in total. The molecule has 7 heteroatoms. The van der Waals surface area contributed by atoms with E-state index in [0.717, 1.165) is 44.4 Å². The third kappa shape index (κ3) is 12.3. The molecule has 0 aliphatic carbocycles. The molecule has 0 radical (unpaired) electrons. The van der Waals surface area contributed by atoms with Crippen LogP contribution >= 0.6 is 24.0 Å². The zero-order valence-corrected chi connectivity index (χ0v) is 17.3. The number of nitrogens with zero attached hydrogens (tertiary/aromatic N) is 2. The van der Waals surface area contributed by atoms with Crippen LogP contribution in [0, 0.1) is 5.92 Å². The Morgan fingerprint density at radius 1 is 1.29 bits per heavy atom. The van der Waals surface area contributed by atoms with Crippen LogP contribution in [0.3, 0.4) is 0 Å². The average molecular weight is 450 g/mol. The molecule has 0 bridgehead atoms. The average Bonchev–Trinajstić information content (AvgIpc) is 2.55. The third-order valence-corrected chi connectivity index (χ3v) is 2.81. The Labute approximate surface area is 162 Å². The van der Waals surface area contributed by atoms with E-state index in [-0.39, 0.29) is 24.0 Å². The summed E-state index contributed by atoms with van der Waals surface area (Å²) in [4.78, 5) is 8.53. The monoisotopic (exact) mass is 450 g/mol. The second-order valence-corrected chi connectivity index (χ2v) is 5.55. The van der Waals surface area contributed by atoms with Crippen molar-refractivity contribution in [2.45, 2.75) is 27.2 Å². The second-order valence-electron chi connectivity index (χ2n) is 5.55. The van der Waals surface area contributed by atoms with Gasteiger partial charge in [-0.15, -0.1) is 24.0 Å². The molecular formula is C17H31IN4O2. The van der Waals surface area contributed by atoms with Gasteiger partial charge < -0.3 is 20.1 Å². The number of guanidine groups is 1. The summed E-state index contributed by atoms with van der Waals surface area (Å²) in [5.41, 5.74) is 0. The van der Waals surface area contributed by atoms with E-state index < -0.39 is 0 Å². The number of aromatic nitrogens is 1. The largest absolute Gasteiger partial charge is 0.490 e. The lowest BCUT2D eigenvalue weighted by Crippen LogP contribution is -2.39. The first-order valence-electron chi connectivity index (χ1n) is 8.35. The first-order valence-corrected chi connectivity index (χ1v) is 8.35. The Morgan fingerprint density at radius 2 is 2.12 bits per heavy atom. The predicted octanol–water partition coefficient (Wildman–Crippen LogP) is 2.70. The minimum atomic E-state index is 0. The molecule has 1 heterocycles. The van der Waals surface area contributed by atoms with Gasteiger partial charge in [-0.25, -0.2) is 0 Å². The zero-order chi connectivity index (χ0) is 16.8. The smallest absolute Gasteiger partial charge is 0.191 e. The number of hydrogen-bond donors (Lipinski definition) is 2. The molecule has 1 rings (SSSR count). The van der Waals surface area contributed by atoms with Gasteiger partial charge in [0.15, 0.2) is 5.96 Å². The van der Waals surface area contributed by atoms with Crippen LogP contribution < -0.4 is 15.4 Å². The topological polar surface area (TPSA) is 67.8 Å². The number of halogens is 1. The van der Waals surface area contributed by atoms with E-state index in [1.807, 2.05) is 12.1 Å². The lowest BCUT2D eigenvalue weighted by molar-refractivity contribution is 0.109. The molecule has 24 heavy (non-hydrogen) atoms. The lowest BCUT2D eigenvalue weighted by Gasteiger charge is -2.12. The lowest BCUT2D eigenvalue weighted by atomic mass is 10.2. The Balaban J connectivity index is 0.00000529. The number of rotatable bonds is 11. The van der Waals surface area contributed by atoms with Gasteiger partial charge >= 0.3 is 0 Å². The summed E-state index contributed by atoms with van der Waals surface area (Å²) < 4.78 is 11.1. The Hall–Kier alpha value is -1.09. The molecule has 0 amide bonds. The number of aliphatic imine (C=N–C) groups is 1. The molecule has 0 aliphatic heterocycles. The van der Waals surface area contributed by atoms with E-state index >= 15 is 0 Å². The molecular weight excluding hydrogens is 419 g/mol. The highest BCUT2D eigenvalue weighted by Gasteiger charge is 1.98. The first kappa shape index (κ1) is 22.9. The molecule has 1 aromatic heterocycles. The van der Waals surface area contributed by atoms with Crippen LogP contribution in [0.4, 0.5) is 0 Å². The van der Waals surface area contributed by atoms with Crippen molar-refractivity contribution < 1.29 is 9.47 Å². The third-order valence-electron chi connectivity index (χ3n) is 2.81. The van der Waals surface area contributed by atoms with Crippen LogP contribution in [-0.4, -0.2) is 50.4 Å². The van der Waals surface area contributed by atoms with E-state index in [1.165, 1.54) is 0 Å². The SMILES string of the molecule is CCNC(=NCCCOCC(C)C)NCCOc1cccnc1.I. The van der Waals surface area contributed by atoms with Crippen LogP contribution in [-0.2, 0) is 4.74 Å². The quantitative estimate of drug-likeness (QED) is 0.235. The number of pyridine rings is 1. The van der Waals surface area contributed by atoms with Gasteiger partial charge in [-0.05, 0) is 31.4 Å². The zero-order valence-electron chi connectivity index (χ0n) is 15.0. The van der Waals surface area contributed by atoms with Gasteiger partial charge in [-0.2, -0.15) is 0 Å². The minimum Gasteiger partial charge on any atom is -0.490 e. The Kier molecular flexibility index (Phi) is 14.7. The van der Waals surface area contributed by atoms with Gasteiger partial charge in [0, 0.05) is 32.5 Å². The molecule has 1 aromatic rings. The normalized spacial score (nSPS) is 11.1. The highest BCUT2D eigenvalue weighted by atomic mass is 127. The summed E-state index contributed by atoms with van der Waals surface area (Å²) in [5, 5.41) is 6.47. The molecule has 0 saturated carbocycles. The molecule has 0 aliphatic rings. The van der Waals surface area contributed by atoms with Crippen molar-refractivity contribution in [3.8, 4) is 5.75 Å².